The van der Waals surface area contributed by atoms with Crippen molar-refractivity contribution in [1.29, 1.82) is 0 Å². The van der Waals surface area contributed by atoms with Gasteiger partial charge in [0.05, 0.1) is 14.3 Å². The number of aryl methyl sites for hydroxylation is 1. The van der Waals surface area contributed by atoms with Crippen molar-refractivity contribution >= 4 is 40.0 Å². The van der Waals surface area contributed by atoms with Gasteiger partial charge in [0.1, 0.15) is 11.6 Å². The normalized spacial score (nSPS) is 10.7. The quantitative estimate of drug-likeness (QED) is 0.759. The van der Waals surface area contributed by atoms with E-state index in [-0.39, 0.29) is 5.82 Å². The van der Waals surface area contributed by atoms with E-state index >= 15 is 0 Å². The Bertz CT molecular complexity index is 634. The topological polar surface area (TPSA) is 37.8 Å². The molecule has 0 saturated heterocycles. The van der Waals surface area contributed by atoms with Crippen molar-refractivity contribution in [3.05, 3.63) is 38.3 Å². The standard InChI is InChI=1S/C14H14ClFIN3/c1-3-4-11-12(17)14(18-2)20-13(19-11)9-6-5-8(16)7-10(9)15/h5-7H,3-4H2,1-2H3,(H,18,19,20). The predicted molar refractivity (Wildman–Crippen MR) is 88.7 cm³/mol. The average Bonchev–Trinajstić information content (AvgIpc) is 2.41. The molecule has 0 aliphatic carbocycles. The van der Waals surface area contributed by atoms with Crippen LogP contribution in [0.3, 0.4) is 0 Å². The van der Waals surface area contributed by atoms with Crippen molar-refractivity contribution in [3.8, 4) is 11.4 Å². The average molecular weight is 406 g/mol. The second-order valence-electron chi connectivity index (χ2n) is 4.28. The predicted octanol–water partition coefficient (Wildman–Crippen LogP) is 4.53. The van der Waals surface area contributed by atoms with Gasteiger partial charge in [0.15, 0.2) is 5.82 Å². The smallest absolute Gasteiger partial charge is 0.163 e. The summed E-state index contributed by atoms with van der Waals surface area (Å²) >= 11 is 8.32. The molecule has 0 spiro atoms. The highest BCUT2D eigenvalue weighted by atomic mass is 127. The van der Waals surface area contributed by atoms with Crippen molar-refractivity contribution in [2.75, 3.05) is 12.4 Å². The molecule has 2 aromatic rings. The van der Waals surface area contributed by atoms with Gasteiger partial charge in [-0.25, -0.2) is 14.4 Å². The lowest BCUT2D eigenvalue weighted by Crippen LogP contribution is -2.05. The highest BCUT2D eigenvalue weighted by Crippen LogP contribution is 2.29. The first-order valence-corrected chi connectivity index (χ1v) is 7.72. The first kappa shape index (κ1) is 15.4. The van der Waals surface area contributed by atoms with E-state index in [1.807, 2.05) is 7.05 Å². The molecule has 0 aliphatic heterocycles. The summed E-state index contributed by atoms with van der Waals surface area (Å²) in [5.74, 6) is 0.912. The maximum absolute atomic E-state index is 13.1. The highest BCUT2D eigenvalue weighted by molar-refractivity contribution is 14.1. The minimum atomic E-state index is -0.369. The Morgan fingerprint density at radius 1 is 1.35 bits per heavy atom. The van der Waals surface area contributed by atoms with E-state index in [1.165, 1.54) is 12.1 Å². The minimum absolute atomic E-state index is 0.315. The third-order valence-corrected chi connectivity index (χ3v) is 4.26. The Balaban J connectivity index is 2.58. The zero-order chi connectivity index (χ0) is 14.7. The fraction of sp³-hybridized carbons (Fsp3) is 0.286. The molecule has 106 valence electrons. The van der Waals surface area contributed by atoms with Crippen LogP contribution in [0.4, 0.5) is 10.2 Å². The van der Waals surface area contributed by atoms with E-state index in [4.69, 9.17) is 11.6 Å². The second-order valence-corrected chi connectivity index (χ2v) is 5.77. The minimum Gasteiger partial charge on any atom is -0.372 e. The van der Waals surface area contributed by atoms with Crippen LogP contribution in [-0.4, -0.2) is 17.0 Å². The monoisotopic (exact) mass is 405 g/mol. The van der Waals surface area contributed by atoms with Crippen LogP contribution in [-0.2, 0) is 6.42 Å². The Kier molecular flexibility index (Phi) is 5.15. The number of nitrogens with zero attached hydrogens (tertiary/aromatic N) is 2. The molecule has 0 atom stereocenters. The first-order chi connectivity index (χ1) is 9.56. The summed E-state index contributed by atoms with van der Waals surface area (Å²) in [5, 5.41) is 3.37. The van der Waals surface area contributed by atoms with Gasteiger partial charge in [-0.05, 0) is 47.2 Å². The summed E-state index contributed by atoms with van der Waals surface area (Å²) < 4.78 is 14.1. The molecular formula is C14H14ClFIN3. The summed E-state index contributed by atoms with van der Waals surface area (Å²) in [4.78, 5) is 9.02. The van der Waals surface area contributed by atoms with Crippen LogP contribution in [0.15, 0.2) is 18.2 Å². The second kappa shape index (κ2) is 6.67. The number of halogens is 3. The number of hydrogen-bond acceptors (Lipinski definition) is 3. The molecule has 0 radical (unpaired) electrons. The Labute approximate surface area is 136 Å². The lowest BCUT2D eigenvalue weighted by Gasteiger charge is -2.11. The summed E-state index contributed by atoms with van der Waals surface area (Å²) in [6.07, 6.45) is 1.86. The van der Waals surface area contributed by atoms with Gasteiger partial charge in [-0.1, -0.05) is 24.9 Å². The molecule has 0 saturated carbocycles. The van der Waals surface area contributed by atoms with E-state index in [2.05, 4.69) is 44.8 Å². The first-order valence-electron chi connectivity index (χ1n) is 6.26. The number of rotatable bonds is 4. The molecule has 0 amide bonds. The number of aromatic nitrogens is 2. The fourth-order valence-corrected chi connectivity index (χ4v) is 2.89. The van der Waals surface area contributed by atoms with Gasteiger partial charge in [-0.2, -0.15) is 0 Å². The summed E-state index contributed by atoms with van der Waals surface area (Å²) in [6.45, 7) is 2.10. The van der Waals surface area contributed by atoms with Crippen LogP contribution in [0.2, 0.25) is 5.02 Å². The van der Waals surface area contributed by atoms with Crippen LogP contribution in [0.1, 0.15) is 19.0 Å². The van der Waals surface area contributed by atoms with Gasteiger partial charge >= 0.3 is 0 Å². The zero-order valence-electron chi connectivity index (χ0n) is 11.2. The molecule has 6 heteroatoms. The highest BCUT2D eigenvalue weighted by Gasteiger charge is 2.14. The zero-order valence-corrected chi connectivity index (χ0v) is 14.1. The van der Waals surface area contributed by atoms with E-state index in [1.54, 1.807) is 6.07 Å². The molecule has 0 fully saturated rings. The fourth-order valence-electron chi connectivity index (χ4n) is 1.85. The number of anilines is 1. The third-order valence-electron chi connectivity index (χ3n) is 2.82. The van der Waals surface area contributed by atoms with E-state index in [0.29, 0.717) is 16.4 Å². The maximum atomic E-state index is 13.1. The molecule has 1 N–H and O–H groups in total. The van der Waals surface area contributed by atoms with Gasteiger partial charge in [0.25, 0.3) is 0 Å². The molecular weight excluding hydrogens is 392 g/mol. The molecule has 1 aromatic heterocycles. The summed E-state index contributed by atoms with van der Waals surface area (Å²) in [6, 6.07) is 4.24. The molecule has 2 rings (SSSR count). The molecule has 1 heterocycles. The maximum Gasteiger partial charge on any atom is 0.163 e. The van der Waals surface area contributed by atoms with Gasteiger partial charge in [-0.3, -0.25) is 0 Å². The van der Waals surface area contributed by atoms with Crippen LogP contribution in [0.5, 0.6) is 0 Å². The molecule has 20 heavy (non-hydrogen) atoms. The molecule has 0 aliphatic rings. The largest absolute Gasteiger partial charge is 0.372 e. The van der Waals surface area contributed by atoms with E-state index < -0.39 is 0 Å². The van der Waals surface area contributed by atoms with Crippen molar-refractivity contribution in [1.82, 2.24) is 9.97 Å². The van der Waals surface area contributed by atoms with Crippen molar-refractivity contribution in [3.63, 3.8) is 0 Å². The Morgan fingerprint density at radius 2 is 2.10 bits per heavy atom. The Hall–Kier alpha value is -0.950. The molecule has 0 unspecified atom stereocenters. The number of nitrogens with one attached hydrogen (secondary N) is 1. The van der Waals surface area contributed by atoms with Crippen molar-refractivity contribution in [2.24, 2.45) is 0 Å². The van der Waals surface area contributed by atoms with E-state index in [9.17, 15) is 4.39 Å². The van der Waals surface area contributed by atoms with Crippen LogP contribution < -0.4 is 5.32 Å². The number of hydrogen-bond donors (Lipinski definition) is 1. The van der Waals surface area contributed by atoms with Gasteiger partial charge in [-0.15, -0.1) is 0 Å². The van der Waals surface area contributed by atoms with E-state index in [0.717, 1.165) is 27.9 Å². The van der Waals surface area contributed by atoms with Gasteiger partial charge < -0.3 is 5.32 Å². The van der Waals surface area contributed by atoms with Crippen LogP contribution >= 0.6 is 34.2 Å². The summed E-state index contributed by atoms with van der Waals surface area (Å²) in [5.41, 5.74) is 1.61. The molecule has 0 bridgehead atoms. The van der Waals surface area contributed by atoms with Crippen LogP contribution in [0, 0.1) is 9.39 Å². The molecule has 1 aromatic carbocycles. The van der Waals surface area contributed by atoms with Crippen LogP contribution in [0.25, 0.3) is 11.4 Å². The van der Waals surface area contributed by atoms with Gasteiger partial charge in [0, 0.05) is 12.6 Å². The molecule has 3 nitrogen and oxygen atoms in total. The summed E-state index contributed by atoms with van der Waals surface area (Å²) in [7, 11) is 1.82. The third kappa shape index (κ3) is 3.20. The van der Waals surface area contributed by atoms with Crippen molar-refractivity contribution in [2.45, 2.75) is 19.8 Å². The lowest BCUT2D eigenvalue weighted by molar-refractivity contribution is 0.628. The van der Waals surface area contributed by atoms with Crippen molar-refractivity contribution < 1.29 is 4.39 Å². The lowest BCUT2D eigenvalue weighted by atomic mass is 10.2. The van der Waals surface area contributed by atoms with Gasteiger partial charge in [0.2, 0.25) is 0 Å². The Morgan fingerprint density at radius 3 is 2.70 bits per heavy atom. The number of benzene rings is 1. The SMILES string of the molecule is CCCc1nc(-c2ccc(F)cc2Cl)nc(NC)c1I.